The monoisotopic (exact) mass is 190 g/mol. The van der Waals surface area contributed by atoms with Crippen molar-refractivity contribution >= 4 is 5.78 Å². The van der Waals surface area contributed by atoms with Gasteiger partial charge in [0.15, 0.2) is 5.78 Å². The molecule has 1 rings (SSSR count). The molecule has 0 N–H and O–H groups in total. The molecular weight excluding hydrogens is 179 g/mol. The average molecular weight is 190 g/mol. The first-order chi connectivity index (χ1) is 6.74. The highest BCUT2D eigenvalue weighted by Gasteiger charge is 2.03. The Kier molecular flexibility index (Phi) is 3.87. The lowest BCUT2D eigenvalue weighted by atomic mass is 10.1. The van der Waals surface area contributed by atoms with E-state index in [2.05, 4.69) is 11.8 Å². The van der Waals surface area contributed by atoms with E-state index in [1.807, 2.05) is 0 Å². The Labute approximate surface area is 82.9 Å². The van der Waals surface area contributed by atoms with Gasteiger partial charge in [0, 0.05) is 18.4 Å². The lowest BCUT2D eigenvalue weighted by Gasteiger charge is -1.97. The second-order valence-corrected chi connectivity index (χ2v) is 2.86. The maximum atomic E-state index is 12.5. The van der Waals surface area contributed by atoms with E-state index in [4.69, 9.17) is 0 Å². The molecule has 14 heavy (non-hydrogen) atoms. The third kappa shape index (κ3) is 3.02. The maximum absolute atomic E-state index is 12.5. The zero-order chi connectivity index (χ0) is 10.4. The van der Waals surface area contributed by atoms with Crippen LogP contribution in [0.3, 0.4) is 0 Å². The molecule has 0 saturated carbocycles. The molecule has 0 spiro atoms. The van der Waals surface area contributed by atoms with E-state index in [1.165, 1.54) is 24.3 Å². The third-order valence-corrected chi connectivity index (χ3v) is 1.82. The summed E-state index contributed by atoms with van der Waals surface area (Å²) in [4.78, 5) is 11.4. The first-order valence-corrected chi connectivity index (χ1v) is 4.42. The molecule has 72 valence electrons. The van der Waals surface area contributed by atoms with Gasteiger partial charge in [0.25, 0.3) is 0 Å². The first-order valence-electron chi connectivity index (χ1n) is 4.42. The number of benzene rings is 1. The molecule has 0 bridgehead atoms. The average Bonchev–Trinajstić information content (AvgIpc) is 2.19. The van der Waals surface area contributed by atoms with Gasteiger partial charge in [-0.25, -0.2) is 4.39 Å². The normalized spacial score (nSPS) is 9.00. The molecule has 1 nitrogen and oxygen atoms in total. The number of Topliss-reactive ketones (excluding diaryl/α,β-unsaturated/α-hetero) is 1. The van der Waals surface area contributed by atoms with E-state index in [0.29, 0.717) is 18.4 Å². The quantitative estimate of drug-likeness (QED) is 0.529. The van der Waals surface area contributed by atoms with Crippen molar-refractivity contribution in [3.63, 3.8) is 0 Å². The van der Waals surface area contributed by atoms with Gasteiger partial charge in [0.2, 0.25) is 0 Å². The fourth-order valence-electron chi connectivity index (χ4n) is 1.08. The Bertz CT molecular complexity index is 368. The van der Waals surface area contributed by atoms with E-state index in [9.17, 15) is 9.18 Å². The van der Waals surface area contributed by atoms with Crippen LogP contribution in [-0.2, 0) is 0 Å². The minimum Gasteiger partial charge on any atom is -0.294 e. The topological polar surface area (TPSA) is 17.1 Å². The maximum Gasteiger partial charge on any atom is 0.163 e. The summed E-state index contributed by atoms with van der Waals surface area (Å²) in [5, 5.41) is 0. The van der Waals surface area contributed by atoms with Crippen molar-refractivity contribution in [1.82, 2.24) is 0 Å². The van der Waals surface area contributed by atoms with Crippen LogP contribution in [0.25, 0.3) is 0 Å². The largest absolute Gasteiger partial charge is 0.294 e. The van der Waals surface area contributed by atoms with Crippen molar-refractivity contribution in [2.45, 2.75) is 19.8 Å². The standard InChI is InChI=1S/C12H11FO/c1-2-3-4-5-12(14)10-6-8-11(13)9-7-10/h6-9H,4-5H2,1H3. The third-order valence-electron chi connectivity index (χ3n) is 1.82. The lowest BCUT2D eigenvalue weighted by molar-refractivity contribution is 0.0984. The van der Waals surface area contributed by atoms with Gasteiger partial charge in [0.05, 0.1) is 0 Å². The summed E-state index contributed by atoms with van der Waals surface area (Å²) in [5.74, 6) is 5.22. The Morgan fingerprint density at radius 2 is 2.00 bits per heavy atom. The molecule has 0 aliphatic carbocycles. The highest BCUT2D eigenvalue weighted by atomic mass is 19.1. The van der Waals surface area contributed by atoms with E-state index in [-0.39, 0.29) is 11.6 Å². The molecule has 0 aromatic heterocycles. The Balaban J connectivity index is 2.59. The van der Waals surface area contributed by atoms with Crippen molar-refractivity contribution in [2.75, 3.05) is 0 Å². The van der Waals surface area contributed by atoms with Crippen LogP contribution in [0.2, 0.25) is 0 Å². The summed E-state index contributed by atoms with van der Waals surface area (Å²) in [6.45, 7) is 1.74. The van der Waals surface area contributed by atoms with Gasteiger partial charge in [0.1, 0.15) is 5.82 Å². The number of carbonyl (C=O) groups is 1. The van der Waals surface area contributed by atoms with E-state index in [0.717, 1.165) is 0 Å². The second kappa shape index (κ2) is 5.18. The first kappa shape index (κ1) is 10.5. The fraction of sp³-hybridized carbons (Fsp3) is 0.250. The molecule has 0 fully saturated rings. The van der Waals surface area contributed by atoms with Crippen LogP contribution in [0.5, 0.6) is 0 Å². The summed E-state index contributed by atoms with van der Waals surface area (Å²) in [6.07, 6.45) is 0.958. The van der Waals surface area contributed by atoms with Crippen molar-refractivity contribution in [2.24, 2.45) is 0 Å². The van der Waals surface area contributed by atoms with Gasteiger partial charge in [-0.1, -0.05) is 0 Å². The number of rotatable bonds is 3. The minimum atomic E-state index is -0.324. The van der Waals surface area contributed by atoms with Crippen LogP contribution in [0.1, 0.15) is 30.1 Å². The number of halogens is 1. The van der Waals surface area contributed by atoms with E-state index >= 15 is 0 Å². The van der Waals surface area contributed by atoms with Crippen LogP contribution in [-0.4, -0.2) is 5.78 Å². The highest BCUT2D eigenvalue weighted by Crippen LogP contribution is 2.06. The number of hydrogen-bond acceptors (Lipinski definition) is 1. The molecule has 0 saturated heterocycles. The fourth-order valence-corrected chi connectivity index (χ4v) is 1.08. The van der Waals surface area contributed by atoms with Gasteiger partial charge >= 0.3 is 0 Å². The molecule has 0 aliphatic rings. The Morgan fingerprint density at radius 1 is 1.36 bits per heavy atom. The molecule has 0 heterocycles. The van der Waals surface area contributed by atoms with Crippen molar-refractivity contribution < 1.29 is 9.18 Å². The van der Waals surface area contributed by atoms with Crippen LogP contribution < -0.4 is 0 Å². The Hall–Kier alpha value is -1.62. The molecule has 1 aromatic carbocycles. The number of carbonyl (C=O) groups excluding carboxylic acids is 1. The zero-order valence-corrected chi connectivity index (χ0v) is 8.01. The van der Waals surface area contributed by atoms with Crippen LogP contribution >= 0.6 is 0 Å². The van der Waals surface area contributed by atoms with Crippen molar-refractivity contribution in [3.8, 4) is 11.8 Å². The van der Waals surface area contributed by atoms with Gasteiger partial charge in [-0.05, 0) is 31.2 Å². The minimum absolute atomic E-state index is 0.00718. The second-order valence-electron chi connectivity index (χ2n) is 2.86. The van der Waals surface area contributed by atoms with Crippen molar-refractivity contribution in [1.29, 1.82) is 0 Å². The summed E-state index contributed by atoms with van der Waals surface area (Å²) in [5.41, 5.74) is 0.546. The van der Waals surface area contributed by atoms with Crippen LogP contribution in [0, 0.1) is 17.7 Å². The molecule has 0 amide bonds. The number of ketones is 1. The van der Waals surface area contributed by atoms with Gasteiger partial charge in [-0.2, -0.15) is 0 Å². The molecule has 0 radical (unpaired) electrons. The molecule has 1 aromatic rings. The van der Waals surface area contributed by atoms with Crippen LogP contribution in [0.15, 0.2) is 24.3 Å². The van der Waals surface area contributed by atoms with E-state index < -0.39 is 0 Å². The molecule has 2 heteroatoms. The Morgan fingerprint density at radius 3 is 2.57 bits per heavy atom. The molecular formula is C12H11FO. The van der Waals surface area contributed by atoms with Crippen LogP contribution in [0.4, 0.5) is 4.39 Å². The predicted molar refractivity (Wildman–Crippen MR) is 53.4 cm³/mol. The lowest BCUT2D eigenvalue weighted by Crippen LogP contribution is -1.97. The zero-order valence-electron chi connectivity index (χ0n) is 8.01. The SMILES string of the molecule is CC#CCCC(=O)c1ccc(F)cc1. The van der Waals surface area contributed by atoms with Gasteiger partial charge in [-0.15, -0.1) is 11.8 Å². The molecule has 0 aliphatic heterocycles. The predicted octanol–water partition coefficient (Wildman–Crippen LogP) is 2.81. The highest BCUT2D eigenvalue weighted by molar-refractivity contribution is 5.96. The smallest absolute Gasteiger partial charge is 0.163 e. The summed E-state index contributed by atoms with van der Waals surface area (Å²) in [6, 6.07) is 5.57. The molecule has 0 atom stereocenters. The van der Waals surface area contributed by atoms with Crippen molar-refractivity contribution in [3.05, 3.63) is 35.6 Å². The summed E-state index contributed by atoms with van der Waals surface area (Å²) >= 11 is 0. The summed E-state index contributed by atoms with van der Waals surface area (Å²) < 4.78 is 12.5. The number of hydrogen-bond donors (Lipinski definition) is 0. The summed E-state index contributed by atoms with van der Waals surface area (Å²) in [7, 11) is 0. The van der Waals surface area contributed by atoms with Gasteiger partial charge < -0.3 is 0 Å². The van der Waals surface area contributed by atoms with E-state index in [1.54, 1.807) is 6.92 Å². The van der Waals surface area contributed by atoms with Gasteiger partial charge in [-0.3, -0.25) is 4.79 Å². The molecule has 0 unspecified atom stereocenters.